The van der Waals surface area contributed by atoms with Gasteiger partial charge in [-0.2, -0.15) is 0 Å². The molecule has 10 aromatic rings. The molecule has 2 heteroatoms. The van der Waals surface area contributed by atoms with E-state index in [9.17, 15) is 0 Å². The molecular weight excluding hydrogens is 617 g/mol. The first kappa shape index (κ1) is 29.2. The van der Waals surface area contributed by atoms with E-state index in [0.717, 1.165) is 33.5 Å². The Morgan fingerprint density at radius 2 is 0.843 bits per heavy atom. The molecule has 0 N–H and O–H groups in total. The van der Waals surface area contributed by atoms with Crippen molar-refractivity contribution in [1.82, 2.24) is 9.55 Å². The molecule has 0 fully saturated rings. The van der Waals surface area contributed by atoms with Gasteiger partial charge in [0.05, 0.1) is 11.0 Å². The number of fused-ring (bicyclic) bond motifs is 5. The molecule has 0 spiro atoms. The predicted molar refractivity (Wildman–Crippen MR) is 215 cm³/mol. The monoisotopic (exact) mass is 648 g/mol. The second-order valence-electron chi connectivity index (χ2n) is 13.1. The van der Waals surface area contributed by atoms with Gasteiger partial charge in [-0.15, -0.1) is 0 Å². The minimum absolute atomic E-state index is 0.938. The quantitative estimate of drug-likeness (QED) is 0.170. The van der Waals surface area contributed by atoms with E-state index in [0.29, 0.717) is 0 Å². The van der Waals surface area contributed by atoms with Crippen LogP contribution in [-0.2, 0) is 0 Å². The summed E-state index contributed by atoms with van der Waals surface area (Å²) >= 11 is 0. The van der Waals surface area contributed by atoms with Crippen LogP contribution in [0, 0.1) is 0 Å². The Kier molecular flexibility index (Phi) is 6.85. The molecule has 0 saturated carbocycles. The van der Waals surface area contributed by atoms with Gasteiger partial charge in [-0.05, 0) is 84.6 Å². The Morgan fingerprint density at radius 1 is 0.333 bits per heavy atom. The Hall–Kier alpha value is -6.77. The third-order valence-electron chi connectivity index (χ3n) is 10.2. The molecule has 0 unspecified atom stereocenters. The SMILES string of the molecule is c1ccc(-c2c3ccccc3c(-c3ccccc3)c3cc(-c4ccc(-n5c(-c6ccccc6)nc6c7ccccc7ccc65)cc4)ccc23)cc1. The van der Waals surface area contributed by atoms with Crippen molar-refractivity contribution in [3.8, 4) is 50.5 Å². The van der Waals surface area contributed by atoms with Gasteiger partial charge in [0.15, 0.2) is 0 Å². The highest BCUT2D eigenvalue weighted by Gasteiger charge is 2.19. The van der Waals surface area contributed by atoms with E-state index in [1.807, 2.05) is 0 Å². The molecule has 0 aliphatic carbocycles. The molecule has 10 rings (SSSR count). The molecule has 0 amide bonds. The van der Waals surface area contributed by atoms with Crippen molar-refractivity contribution in [2.75, 3.05) is 0 Å². The van der Waals surface area contributed by atoms with Crippen LogP contribution in [0.25, 0.3) is 93.8 Å². The summed E-state index contributed by atoms with van der Waals surface area (Å²) in [5, 5.41) is 7.38. The summed E-state index contributed by atoms with van der Waals surface area (Å²) in [6.45, 7) is 0. The standard InChI is InChI=1S/C49H32N2/c1-4-15-35(16-5-1)46-41-22-12-13-23-42(41)47(36-17-6-2-7-18-36)44-32-38(26-30-43(44)46)33-24-28-39(29-25-33)51-45-31-27-34-14-10-11-21-40(34)48(45)50-49(51)37-19-8-3-9-20-37/h1-32H. The van der Waals surface area contributed by atoms with Gasteiger partial charge in [0.1, 0.15) is 5.82 Å². The second kappa shape index (κ2) is 12.0. The Bertz CT molecular complexity index is 2870. The molecule has 0 aliphatic heterocycles. The van der Waals surface area contributed by atoms with E-state index in [4.69, 9.17) is 4.98 Å². The van der Waals surface area contributed by atoms with Crippen LogP contribution >= 0.6 is 0 Å². The van der Waals surface area contributed by atoms with Gasteiger partial charge in [0, 0.05) is 16.6 Å². The van der Waals surface area contributed by atoms with E-state index < -0.39 is 0 Å². The minimum atomic E-state index is 0.938. The lowest BCUT2D eigenvalue weighted by Gasteiger charge is -2.19. The summed E-state index contributed by atoms with van der Waals surface area (Å²) in [4.78, 5) is 5.26. The van der Waals surface area contributed by atoms with Crippen molar-refractivity contribution in [1.29, 1.82) is 0 Å². The molecule has 9 aromatic carbocycles. The summed E-state index contributed by atoms with van der Waals surface area (Å²) in [7, 11) is 0. The predicted octanol–water partition coefficient (Wildman–Crippen LogP) is 13.2. The topological polar surface area (TPSA) is 17.8 Å². The molecule has 1 heterocycles. The number of imidazole rings is 1. The van der Waals surface area contributed by atoms with E-state index in [1.165, 1.54) is 60.3 Å². The summed E-state index contributed by atoms with van der Waals surface area (Å²) in [6, 6.07) is 69.8. The lowest BCUT2D eigenvalue weighted by atomic mass is 9.85. The average molecular weight is 649 g/mol. The van der Waals surface area contributed by atoms with Gasteiger partial charge in [0.25, 0.3) is 0 Å². The zero-order chi connectivity index (χ0) is 33.7. The van der Waals surface area contributed by atoms with Crippen molar-refractivity contribution in [3.63, 3.8) is 0 Å². The maximum atomic E-state index is 5.26. The van der Waals surface area contributed by atoms with Crippen molar-refractivity contribution >= 4 is 43.4 Å². The van der Waals surface area contributed by atoms with Gasteiger partial charge in [-0.25, -0.2) is 4.98 Å². The molecule has 0 saturated heterocycles. The molecule has 0 aliphatic rings. The van der Waals surface area contributed by atoms with E-state index >= 15 is 0 Å². The fourth-order valence-corrected chi connectivity index (χ4v) is 7.85. The summed E-state index contributed by atoms with van der Waals surface area (Å²) in [5.41, 5.74) is 11.6. The fourth-order valence-electron chi connectivity index (χ4n) is 7.85. The molecule has 0 radical (unpaired) electrons. The lowest BCUT2D eigenvalue weighted by molar-refractivity contribution is 1.10. The molecule has 51 heavy (non-hydrogen) atoms. The zero-order valence-electron chi connectivity index (χ0n) is 27.9. The summed E-state index contributed by atoms with van der Waals surface area (Å²) in [6.07, 6.45) is 0. The van der Waals surface area contributed by atoms with Crippen molar-refractivity contribution in [2.45, 2.75) is 0 Å². The molecule has 2 nitrogen and oxygen atoms in total. The van der Waals surface area contributed by atoms with Crippen molar-refractivity contribution in [2.24, 2.45) is 0 Å². The summed E-state index contributed by atoms with van der Waals surface area (Å²) < 4.78 is 2.30. The van der Waals surface area contributed by atoms with Crippen LogP contribution in [0.3, 0.4) is 0 Å². The highest BCUT2D eigenvalue weighted by Crippen LogP contribution is 2.45. The van der Waals surface area contributed by atoms with Gasteiger partial charge in [-0.3, -0.25) is 4.57 Å². The van der Waals surface area contributed by atoms with Crippen molar-refractivity contribution in [3.05, 3.63) is 194 Å². The lowest BCUT2D eigenvalue weighted by Crippen LogP contribution is -1.97. The van der Waals surface area contributed by atoms with E-state index in [-0.39, 0.29) is 0 Å². The largest absolute Gasteiger partial charge is 0.292 e. The number of benzene rings is 9. The van der Waals surface area contributed by atoms with Crippen LogP contribution in [0.15, 0.2) is 194 Å². The first-order valence-electron chi connectivity index (χ1n) is 17.5. The number of hydrogen-bond donors (Lipinski definition) is 0. The van der Waals surface area contributed by atoms with Gasteiger partial charge in [0.2, 0.25) is 0 Å². The zero-order valence-corrected chi connectivity index (χ0v) is 27.9. The highest BCUT2D eigenvalue weighted by molar-refractivity contribution is 6.22. The normalized spacial score (nSPS) is 11.5. The maximum absolute atomic E-state index is 5.26. The first-order valence-corrected chi connectivity index (χ1v) is 17.5. The molecule has 238 valence electrons. The molecule has 1 aromatic heterocycles. The Balaban J connectivity index is 1.17. The Morgan fingerprint density at radius 3 is 1.49 bits per heavy atom. The van der Waals surface area contributed by atoms with Crippen LogP contribution in [0.4, 0.5) is 0 Å². The van der Waals surface area contributed by atoms with Crippen LogP contribution in [0.5, 0.6) is 0 Å². The van der Waals surface area contributed by atoms with Gasteiger partial charge >= 0.3 is 0 Å². The fraction of sp³-hybridized carbons (Fsp3) is 0. The highest BCUT2D eigenvalue weighted by atomic mass is 15.1. The molecular formula is C49H32N2. The molecule has 0 bridgehead atoms. The van der Waals surface area contributed by atoms with Gasteiger partial charge in [-0.1, -0.05) is 170 Å². The number of hydrogen-bond acceptors (Lipinski definition) is 1. The minimum Gasteiger partial charge on any atom is -0.292 e. The number of aromatic nitrogens is 2. The average Bonchev–Trinajstić information content (AvgIpc) is 3.61. The van der Waals surface area contributed by atoms with Crippen LogP contribution in [0.2, 0.25) is 0 Å². The van der Waals surface area contributed by atoms with Gasteiger partial charge < -0.3 is 0 Å². The Labute approximate surface area is 296 Å². The third-order valence-corrected chi connectivity index (χ3v) is 10.2. The van der Waals surface area contributed by atoms with E-state index in [2.05, 4.69) is 199 Å². The first-order chi connectivity index (χ1) is 25.3. The van der Waals surface area contributed by atoms with Crippen molar-refractivity contribution < 1.29 is 0 Å². The van der Waals surface area contributed by atoms with Crippen LogP contribution < -0.4 is 0 Å². The van der Waals surface area contributed by atoms with Crippen LogP contribution in [0.1, 0.15) is 0 Å². The number of nitrogens with zero attached hydrogens (tertiary/aromatic N) is 2. The van der Waals surface area contributed by atoms with Crippen LogP contribution in [-0.4, -0.2) is 9.55 Å². The van der Waals surface area contributed by atoms with E-state index in [1.54, 1.807) is 0 Å². The number of rotatable bonds is 5. The maximum Gasteiger partial charge on any atom is 0.145 e. The smallest absolute Gasteiger partial charge is 0.145 e. The third kappa shape index (κ3) is 4.84. The second-order valence-corrected chi connectivity index (χ2v) is 13.1. The summed E-state index contributed by atoms with van der Waals surface area (Å²) in [5.74, 6) is 0.938. The molecule has 0 atom stereocenters.